The van der Waals surface area contributed by atoms with Gasteiger partial charge in [0, 0.05) is 18.8 Å². The van der Waals surface area contributed by atoms with E-state index in [4.69, 9.17) is 15.6 Å². The number of benzene rings is 1. The molecule has 0 aromatic heterocycles. The number of anilines is 2. The maximum absolute atomic E-state index is 13.6. The number of rotatable bonds is 4. The first kappa shape index (κ1) is 15.7. The normalized spacial score (nSPS) is 21.0. The Morgan fingerprint density at radius 3 is 3.14 bits per heavy atom. The maximum Gasteiger partial charge on any atom is 0.241 e. The van der Waals surface area contributed by atoms with Crippen LogP contribution in [-0.4, -0.2) is 54.4 Å². The maximum atomic E-state index is 13.6. The Morgan fingerprint density at radius 1 is 1.67 bits per heavy atom. The molecule has 6 nitrogen and oxygen atoms in total. The van der Waals surface area contributed by atoms with E-state index in [9.17, 15) is 9.18 Å². The number of nitrogens with zero attached hydrogens (tertiary/aromatic N) is 1. The summed E-state index contributed by atoms with van der Waals surface area (Å²) in [5.41, 5.74) is 6.03. The molecule has 0 aliphatic carbocycles. The number of halogens is 1. The van der Waals surface area contributed by atoms with Crippen molar-refractivity contribution in [1.82, 2.24) is 4.90 Å². The molecule has 1 amide bonds. The van der Waals surface area contributed by atoms with E-state index < -0.39 is 11.9 Å². The third-order valence-electron chi connectivity index (χ3n) is 3.55. The number of carbonyl (C=O) groups is 1. The van der Waals surface area contributed by atoms with Crippen molar-refractivity contribution in [2.24, 2.45) is 0 Å². The molecule has 2 rings (SSSR count). The van der Waals surface area contributed by atoms with E-state index in [-0.39, 0.29) is 24.3 Å². The Bertz CT molecular complexity index is 512. The number of nitrogen functional groups attached to an aromatic ring is 1. The fourth-order valence-corrected chi connectivity index (χ4v) is 2.25. The second kappa shape index (κ2) is 6.84. The molecule has 0 spiro atoms. The highest BCUT2D eigenvalue weighted by Crippen LogP contribution is 2.18. The third-order valence-corrected chi connectivity index (χ3v) is 3.55. The topological polar surface area (TPSA) is 87.8 Å². The van der Waals surface area contributed by atoms with E-state index in [1.165, 1.54) is 18.2 Å². The lowest BCUT2D eigenvalue weighted by Crippen LogP contribution is -2.51. The summed E-state index contributed by atoms with van der Waals surface area (Å²) in [6.45, 7) is 3.15. The standard InChI is InChI=1S/C14H20FN3O3/c1-9(18-4-5-21-11(7-18)8-19)14(20)17-13-6-10(16)2-3-12(13)15/h2-3,6,9,11,19H,4-5,7-8,16H2,1H3,(H,17,20). The van der Waals surface area contributed by atoms with Gasteiger partial charge in [0.25, 0.3) is 0 Å². The van der Waals surface area contributed by atoms with E-state index in [0.29, 0.717) is 25.4 Å². The van der Waals surface area contributed by atoms with Crippen LogP contribution in [0.2, 0.25) is 0 Å². The van der Waals surface area contributed by atoms with Crippen molar-refractivity contribution in [1.29, 1.82) is 0 Å². The van der Waals surface area contributed by atoms with Gasteiger partial charge in [-0.25, -0.2) is 4.39 Å². The van der Waals surface area contributed by atoms with Gasteiger partial charge < -0.3 is 20.9 Å². The summed E-state index contributed by atoms with van der Waals surface area (Å²) in [6.07, 6.45) is -0.293. The highest BCUT2D eigenvalue weighted by atomic mass is 19.1. The van der Waals surface area contributed by atoms with Gasteiger partial charge in [0.1, 0.15) is 5.82 Å². The summed E-state index contributed by atoms with van der Waals surface area (Å²) in [5.74, 6) is -0.849. The number of aliphatic hydroxyl groups excluding tert-OH is 1. The van der Waals surface area contributed by atoms with Crippen LogP contribution in [0, 0.1) is 5.82 Å². The average Bonchev–Trinajstić information content (AvgIpc) is 2.50. The molecule has 1 aromatic rings. The molecule has 1 aliphatic heterocycles. The van der Waals surface area contributed by atoms with Crippen molar-refractivity contribution in [3.8, 4) is 0 Å². The van der Waals surface area contributed by atoms with Gasteiger partial charge in [-0.3, -0.25) is 9.69 Å². The number of aliphatic hydroxyl groups is 1. The van der Waals surface area contributed by atoms with Crippen molar-refractivity contribution in [3.63, 3.8) is 0 Å². The second-order valence-corrected chi connectivity index (χ2v) is 5.07. The fourth-order valence-electron chi connectivity index (χ4n) is 2.25. The molecule has 1 fully saturated rings. The first-order chi connectivity index (χ1) is 10.0. The zero-order valence-electron chi connectivity index (χ0n) is 11.9. The van der Waals surface area contributed by atoms with Gasteiger partial charge in [0.05, 0.1) is 31.0 Å². The van der Waals surface area contributed by atoms with Gasteiger partial charge >= 0.3 is 0 Å². The molecule has 2 atom stereocenters. The largest absolute Gasteiger partial charge is 0.399 e. The summed E-state index contributed by atoms with van der Waals surface area (Å²) in [6, 6.07) is 3.58. The Hall–Kier alpha value is -1.70. The lowest BCUT2D eigenvalue weighted by Gasteiger charge is -2.35. The highest BCUT2D eigenvalue weighted by molar-refractivity contribution is 5.95. The Labute approximate surface area is 122 Å². The number of carbonyl (C=O) groups excluding carboxylic acids is 1. The third kappa shape index (κ3) is 3.90. The number of amides is 1. The van der Waals surface area contributed by atoms with Gasteiger partial charge in [-0.05, 0) is 25.1 Å². The minimum Gasteiger partial charge on any atom is -0.399 e. The summed E-state index contributed by atoms with van der Waals surface area (Å²) in [7, 11) is 0. The second-order valence-electron chi connectivity index (χ2n) is 5.07. The molecule has 1 aliphatic rings. The quantitative estimate of drug-likeness (QED) is 0.701. The van der Waals surface area contributed by atoms with Gasteiger partial charge in [-0.2, -0.15) is 0 Å². The molecule has 116 valence electrons. The zero-order valence-corrected chi connectivity index (χ0v) is 11.9. The van der Waals surface area contributed by atoms with Crippen LogP contribution in [0.15, 0.2) is 18.2 Å². The van der Waals surface area contributed by atoms with Crippen LogP contribution in [0.3, 0.4) is 0 Å². The number of ether oxygens (including phenoxy) is 1. The summed E-state index contributed by atoms with van der Waals surface area (Å²) in [4.78, 5) is 14.1. The molecule has 0 bridgehead atoms. The van der Waals surface area contributed by atoms with E-state index in [1.54, 1.807) is 6.92 Å². The predicted molar refractivity (Wildman–Crippen MR) is 77.3 cm³/mol. The Morgan fingerprint density at radius 2 is 2.43 bits per heavy atom. The van der Waals surface area contributed by atoms with Crippen molar-refractivity contribution < 1.29 is 19.0 Å². The minimum atomic E-state index is -0.528. The molecule has 2 unspecified atom stereocenters. The molecule has 4 N–H and O–H groups in total. The minimum absolute atomic E-state index is 0.0683. The van der Waals surface area contributed by atoms with Gasteiger partial charge in [0.2, 0.25) is 5.91 Å². The van der Waals surface area contributed by atoms with Gasteiger partial charge in [-0.1, -0.05) is 0 Å². The Balaban J connectivity index is 2.00. The van der Waals surface area contributed by atoms with Crippen LogP contribution in [-0.2, 0) is 9.53 Å². The lowest BCUT2D eigenvalue weighted by atomic mass is 10.2. The van der Waals surface area contributed by atoms with Crippen molar-refractivity contribution >= 4 is 17.3 Å². The van der Waals surface area contributed by atoms with Crippen molar-refractivity contribution in [2.45, 2.75) is 19.1 Å². The van der Waals surface area contributed by atoms with Crippen LogP contribution in [0.4, 0.5) is 15.8 Å². The summed E-state index contributed by atoms with van der Waals surface area (Å²) in [5, 5.41) is 11.7. The average molecular weight is 297 g/mol. The monoisotopic (exact) mass is 297 g/mol. The first-order valence-electron chi connectivity index (χ1n) is 6.83. The number of morpholine rings is 1. The molecule has 0 saturated carbocycles. The molecule has 7 heteroatoms. The number of nitrogens with one attached hydrogen (secondary N) is 1. The van der Waals surface area contributed by atoms with Crippen LogP contribution in [0.5, 0.6) is 0 Å². The van der Waals surface area contributed by atoms with Crippen LogP contribution < -0.4 is 11.1 Å². The van der Waals surface area contributed by atoms with E-state index in [1.807, 2.05) is 4.90 Å². The lowest BCUT2D eigenvalue weighted by molar-refractivity contribution is -0.125. The van der Waals surface area contributed by atoms with Gasteiger partial charge in [-0.15, -0.1) is 0 Å². The van der Waals surface area contributed by atoms with Crippen LogP contribution in [0.25, 0.3) is 0 Å². The number of hydrogen-bond acceptors (Lipinski definition) is 5. The Kier molecular flexibility index (Phi) is 5.11. The van der Waals surface area contributed by atoms with Crippen LogP contribution >= 0.6 is 0 Å². The summed E-state index contributed by atoms with van der Waals surface area (Å²) >= 11 is 0. The van der Waals surface area contributed by atoms with Gasteiger partial charge in [0.15, 0.2) is 0 Å². The number of nitrogens with two attached hydrogens (primary N) is 1. The molecule has 1 heterocycles. The van der Waals surface area contributed by atoms with Crippen molar-refractivity contribution in [3.05, 3.63) is 24.0 Å². The van der Waals surface area contributed by atoms with E-state index in [0.717, 1.165) is 0 Å². The summed E-state index contributed by atoms with van der Waals surface area (Å²) < 4.78 is 19.0. The smallest absolute Gasteiger partial charge is 0.241 e. The molecule has 1 saturated heterocycles. The highest BCUT2D eigenvalue weighted by Gasteiger charge is 2.27. The van der Waals surface area contributed by atoms with E-state index in [2.05, 4.69) is 5.32 Å². The predicted octanol–water partition coefficient (Wildman–Crippen LogP) is 0.428. The molecule has 1 aromatic carbocycles. The van der Waals surface area contributed by atoms with Crippen molar-refractivity contribution in [2.75, 3.05) is 37.4 Å². The molecule has 0 radical (unpaired) electrons. The fraction of sp³-hybridized carbons (Fsp3) is 0.500. The first-order valence-corrected chi connectivity index (χ1v) is 6.83. The molecular formula is C14H20FN3O3. The van der Waals surface area contributed by atoms with Crippen LogP contribution in [0.1, 0.15) is 6.92 Å². The zero-order chi connectivity index (χ0) is 15.4. The molecular weight excluding hydrogens is 277 g/mol. The van der Waals surface area contributed by atoms with E-state index >= 15 is 0 Å². The number of hydrogen-bond donors (Lipinski definition) is 3. The SMILES string of the molecule is CC(C(=O)Nc1cc(N)ccc1F)N1CCOC(CO)C1. The molecule has 21 heavy (non-hydrogen) atoms.